The Kier molecular flexibility index (Phi) is 2.68. The van der Waals surface area contributed by atoms with E-state index < -0.39 is 0 Å². The molecule has 1 heterocycles. The average molecular weight is 247 g/mol. The van der Waals surface area contributed by atoms with E-state index in [9.17, 15) is 0 Å². The molecule has 0 saturated heterocycles. The summed E-state index contributed by atoms with van der Waals surface area (Å²) in [5.74, 6) is 0.740. The number of furan rings is 1. The molecule has 1 aromatic heterocycles. The molecular weight excluding hydrogens is 241 g/mol. The van der Waals surface area contributed by atoms with E-state index in [2.05, 4.69) is 22.6 Å². The quantitative estimate of drug-likeness (QED) is 0.633. The Morgan fingerprint density at radius 3 is 3.00 bits per heavy atom. The molecule has 0 amide bonds. The molecule has 2 nitrogen and oxygen atoms in total. The van der Waals surface area contributed by atoms with Crippen molar-refractivity contribution in [2.24, 2.45) is 0 Å². The lowest BCUT2D eigenvalue weighted by atomic mass is 10.3. The van der Waals surface area contributed by atoms with Crippen LogP contribution in [0.5, 0.6) is 0 Å². The second kappa shape index (κ2) is 3.55. The van der Waals surface area contributed by atoms with Gasteiger partial charge in [-0.15, -0.1) is 0 Å². The number of halogens is 1. The highest BCUT2D eigenvalue weighted by molar-refractivity contribution is 14.1. The topological polar surface area (TPSA) is 37.0 Å². The van der Waals surface area contributed by atoms with Gasteiger partial charge < -0.3 is 9.83 Å². The smallest absolute Gasteiger partial charge is 0.135 e. The average Bonchev–Trinajstić information content (AvgIpc) is 2.36. The van der Waals surface area contributed by atoms with E-state index in [1.807, 2.05) is 10.2 Å². The second-order valence-electron chi connectivity index (χ2n) is 1.68. The van der Waals surface area contributed by atoms with Crippen molar-refractivity contribution in [3.63, 3.8) is 0 Å². The van der Waals surface area contributed by atoms with Gasteiger partial charge in [0, 0.05) is 11.8 Å². The lowest BCUT2D eigenvalue weighted by molar-refractivity contribution is 0.556. The van der Waals surface area contributed by atoms with Crippen molar-refractivity contribution in [2.75, 3.05) is 0 Å². The molecule has 0 bridgehead atoms. The lowest BCUT2D eigenvalue weighted by Crippen LogP contribution is -1.75. The molecule has 0 aliphatic carbocycles. The molecule has 0 fully saturated rings. The maximum atomic E-state index is 6.96. The standard InChI is InChI=1S/C7H6INO/c8-3-1-7-6(5-9)2-4-10-7/h1-5,9H/b3-1-,9-5?. The van der Waals surface area contributed by atoms with Gasteiger partial charge in [0.25, 0.3) is 0 Å². The zero-order valence-corrected chi connectivity index (χ0v) is 7.33. The van der Waals surface area contributed by atoms with Crippen molar-refractivity contribution in [1.82, 2.24) is 0 Å². The van der Waals surface area contributed by atoms with E-state index in [1.54, 1.807) is 12.3 Å². The monoisotopic (exact) mass is 247 g/mol. The van der Waals surface area contributed by atoms with Crippen molar-refractivity contribution >= 4 is 34.9 Å². The van der Waals surface area contributed by atoms with Crippen LogP contribution in [-0.4, -0.2) is 6.21 Å². The van der Waals surface area contributed by atoms with E-state index in [1.165, 1.54) is 6.21 Å². The molecule has 1 aromatic rings. The summed E-state index contributed by atoms with van der Waals surface area (Å²) in [5, 5.41) is 6.96. The summed E-state index contributed by atoms with van der Waals surface area (Å²) in [6, 6.07) is 1.76. The fourth-order valence-electron chi connectivity index (χ4n) is 0.643. The summed E-state index contributed by atoms with van der Waals surface area (Å²) < 4.78 is 6.90. The molecule has 0 atom stereocenters. The Labute approximate surface area is 72.6 Å². The predicted molar refractivity (Wildman–Crippen MR) is 49.6 cm³/mol. The van der Waals surface area contributed by atoms with Crippen LogP contribution in [0.1, 0.15) is 11.3 Å². The van der Waals surface area contributed by atoms with Crippen molar-refractivity contribution in [2.45, 2.75) is 0 Å². The van der Waals surface area contributed by atoms with Gasteiger partial charge in [-0.25, -0.2) is 0 Å². The molecule has 0 aliphatic heterocycles. The van der Waals surface area contributed by atoms with Crippen LogP contribution in [0.15, 0.2) is 20.8 Å². The van der Waals surface area contributed by atoms with E-state index in [4.69, 9.17) is 9.83 Å². The van der Waals surface area contributed by atoms with Crippen molar-refractivity contribution in [3.8, 4) is 0 Å². The summed E-state index contributed by atoms with van der Waals surface area (Å²) in [4.78, 5) is 0. The molecule has 3 heteroatoms. The summed E-state index contributed by atoms with van der Waals surface area (Å²) in [5.41, 5.74) is 0.813. The minimum atomic E-state index is 0.740. The third kappa shape index (κ3) is 1.47. The molecule has 0 saturated carbocycles. The van der Waals surface area contributed by atoms with Crippen molar-refractivity contribution in [3.05, 3.63) is 27.7 Å². The van der Waals surface area contributed by atoms with Crippen LogP contribution in [0.25, 0.3) is 6.08 Å². The van der Waals surface area contributed by atoms with Crippen molar-refractivity contribution < 1.29 is 4.42 Å². The molecule has 0 spiro atoms. The molecule has 0 aromatic carbocycles. The van der Waals surface area contributed by atoms with Gasteiger partial charge in [0.2, 0.25) is 0 Å². The van der Waals surface area contributed by atoms with Crippen LogP contribution in [0.3, 0.4) is 0 Å². The SMILES string of the molecule is N=Cc1ccoc1/C=C\I. The van der Waals surface area contributed by atoms with Crippen LogP contribution < -0.4 is 0 Å². The van der Waals surface area contributed by atoms with Crippen LogP contribution in [-0.2, 0) is 0 Å². The van der Waals surface area contributed by atoms with Gasteiger partial charge >= 0.3 is 0 Å². The first-order chi connectivity index (χ1) is 4.88. The Bertz CT molecular complexity index is 252. The molecule has 0 aliphatic rings. The molecule has 0 unspecified atom stereocenters. The largest absolute Gasteiger partial charge is 0.464 e. The van der Waals surface area contributed by atoms with Gasteiger partial charge in [-0.05, 0) is 16.2 Å². The maximum Gasteiger partial charge on any atom is 0.135 e. The van der Waals surface area contributed by atoms with Crippen LogP contribution in [0, 0.1) is 5.41 Å². The Hall–Kier alpha value is -0.580. The first kappa shape index (κ1) is 7.53. The first-order valence-electron chi connectivity index (χ1n) is 2.73. The maximum absolute atomic E-state index is 6.96. The lowest BCUT2D eigenvalue weighted by Gasteiger charge is -1.84. The predicted octanol–water partition coefficient (Wildman–Crippen LogP) is 2.68. The molecular formula is C7H6INO. The minimum absolute atomic E-state index is 0.740. The normalized spacial score (nSPS) is 10.5. The van der Waals surface area contributed by atoms with E-state index in [0.29, 0.717) is 0 Å². The fourth-order valence-corrected chi connectivity index (χ4v) is 0.969. The number of rotatable bonds is 2. The van der Waals surface area contributed by atoms with Crippen LogP contribution in [0.4, 0.5) is 0 Å². The van der Waals surface area contributed by atoms with Gasteiger partial charge in [-0.3, -0.25) is 0 Å². The fraction of sp³-hybridized carbons (Fsp3) is 0. The van der Waals surface area contributed by atoms with Gasteiger partial charge in [0.05, 0.1) is 6.26 Å². The van der Waals surface area contributed by atoms with Gasteiger partial charge in [0.1, 0.15) is 5.76 Å². The van der Waals surface area contributed by atoms with Gasteiger partial charge in [-0.2, -0.15) is 0 Å². The van der Waals surface area contributed by atoms with E-state index in [0.717, 1.165) is 11.3 Å². The summed E-state index contributed by atoms with van der Waals surface area (Å²) in [6.45, 7) is 0. The Morgan fingerprint density at radius 2 is 2.40 bits per heavy atom. The highest BCUT2D eigenvalue weighted by Crippen LogP contribution is 2.10. The molecule has 52 valence electrons. The van der Waals surface area contributed by atoms with Crippen molar-refractivity contribution in [1.29, 1.82) is 5.41 Å². The zero-order valence-electron chi connectivity index (χ0n) is 5.17. The summed E-state index contributed by atoms with van der Waals surface area (Å²) >= 11 is 2.11. The summed E-state index contributed by atoms with van der Waals surface area (Å²) in [7, 11) is 0. The van der Waals surface area contributed by atoms with E-state index >= 15 is 0 Å². The van der Waals surface area contributed by atoms with Crippen LogP contribution >= 0.6 is 22.6 Å². The van der Waals surface area contributed by atoms with E-state index in [-0.39, 0.29) is 0 Å². The molecule has 1 rings (SSSR count). The van der Waals surface area contributed by atoms with Crippen LogP contribution in [0.2, 0.25) is 0 Å². The van der Waals surface area contributed by atoms with Gasteiger partial charge in [0.15, 0.2) is 0 Å². The first-order valence-corrected chi connectivity index (χ1v) is 3.98. The highest BCUT2D eigenvalue weighted by Gasteiger charge is 1.96. The molecule has 1 N–H and O–H groups in total. The number of hydrogen-bond acceptors (Lipinski definition) is 2. The Balaban J connectivity index is 3.00. The third-order valence-electron chi connectivity index (χ3n) is 1.10. The highest BCUT2D eigenvalue weighted by atomic mass is 127. The molecule has 0 radical (unpaired) electrons. The molecule has 10 heavy (non-hydrogen) atoms. The second-order valence-corrected chi connectivity index (χ2v) is 2.40. The van der Waals surface area contributed by atoms with Gasteiger partial charge in [-0.1, -0.05) is 22.6 Å². The minimum Gasteiger partial charge on any atom is -0.464 e. The zero-order chi connectivity index (χ0) is 7.40. The number of hydrogen-bond donors (Lipinski definition) is 1. The number of nitrogens with one attached hydrogen (secondary N) is 1. The Morgan fingerprint density at radius 1 is 1.60 bits per heavy atom. The summed E-state index contributed by atoms with van der Waals surface area (Å²) in [6.07, 6.45) is 4.67. The third-order valence-corrected chi connectivity index (χ3v) is 1.46.